The molecular weight excluding hydrogens is 318 g/mol. The van der Waals surface area contributed by atoms with Gasteiger partial charge in [0.05, 0.1) is 29.9 Å². The molecule has 25 heavy (non-hydrogen) atoms. The summed E-state index contributed by atoms with van der Waals surface area (Å²) >= 11 is 0. The first-order valence-electron chi connectivity index (χ1n) is 8.59. The molecule has 3 N–H and O–H groups in total. The molecule has 0 fully saturated rings. The summed E-state index contributed by atoms with van der Waals surface area (Å²) in [6.45, 7) is 9.38. The van der Waals surface area contributed by atoms with E-state index >= 15 is 0 Å². The average molecular weight is 347 g/mol. The van der Waals surface area contributed by atoms with Crippen LogP contribution in [0.3, 0.4) is 0 Å². The van der Waals surface area contributed by atoms with Gasteiger partial charge in [0, 0.05) is 13.6 Å². The van der Waals surface area contributed by atoms with Gasteiger partial charge >= 0.3 is 0 Å². The van der Waals surface area contributed by atoms with Crippen LogP contribution in [0.4, 0.5) is 5.69 Å². The number of nitrogens with zero attached hydrogens (tertiary/aromatic N) is 2. The maximum Gasteiger partial charge on any atom is 0.227 e. The Hall–Kier alpha value is -1.92. The number of nitrogens with two attached hydrogens (primary N) is 1. The molecule has 0 radical (unpaired) electrons. The molecule has 1 aliphatic rings. The smallest absolute Gasteiger partial charge is 0.227 e. The second-order valence-electron chi connectivity index (χ2n) is 7.58. The zero-order valence-corrected chi connectivity index (χ0v) is 15.7. The number of carbonyl (C=O) groups is 1. The second-order valence-corrected chi connectivity index (χ2v) is 7.58. The van der Waals surface area contributed by atoms with Gasteiger partial charge in [0.15, 0.2) is 0 Å². The number of carbonyl (C=O) groups excluding carboxylic acids is 1. The fourth-order valence-electron chi connectivity index (χ4n) is 2.94. The highest BCUT2D eigenvalue weighted by atomic mass is 16.5. The molecule has 0 heterocycles. The Labute approximate surface area is 149 Å². The Morgan fingerprint density at radius 2 is 2.12 bits per heavy atom. The molecule has 1 aliphatic carbocycles. The number of hydrogen-bond donors (Lipinski definition) is 2. The molecule has 2 rings (SSSR count). The van der Waals surface area contributed by atoms with Crippen molar-refractivity contribution in [1.82, 2.24) is 4.90 Å². The van der Waals surface area contributed by atoms with Crippen LogP contribution in [-0.2, 0) is 16.0 Å². The number of amidine groups is 1. The first-order chi connectivity index (χ1) is 11.6. The molecule has 0 bridgehead atoms. The number of ether oxygens (including phenoxy) is 1. The van der Waals surface area contributed by atoms with Crippen molar-refractivity contribution in [3.05, 3.63) is 29.3 Å². The maximum absolute atomic E-state index is 11.6. The molecule has 0 spiro atoms. The van der Waals surface area contributed by atoms with Crippen molar-refractivity contribution in [2.75, 3.05) is 20.2 Å². The molecule has 138 valence electrons. The maximum atomic E-state index is 11.6. The highest BCUT2D eigenvalue weighted by Gasteiger charge is 2.35. The minimum atomic E-state index is -0.745. The number of benzene rings is 1. The summed E-state index contributed by atoms with van der Waals surface area (Å²) in [6, 6.07) is 5.66. The van der Waals surface area contributed by atoms with Gasteiger partial charge in [-0.2, -0.15) is 0 Å². The molecule has 0 unspecified atom stereocenters. The number of aliphatic imine (C=N–C) groups is 1. The summed E-state index contributed by atoms with van der Waals surface area (Å²) in [5.41, 5.74) is 7.77. The monoisotopic (exact) mass is 347 g/mol. The fourth-order valence-corrected chi connectivity index (χ4v) is 2.94. The Kier molecular flexibility index (Phi) is 5.85. The Morgan fingerprint density at radius 3 is 2.72 bits per heavy atom. The zero-order chi connectivity index (χ0) is 18.8. The summed E-state index contributed by atoms with van der Waals surface area (Å²) in [5.74, 6) is -0.296. The molecule has 1 aromatic rings. The molecule has 0 saturated heterocycles. The number of aliphatic hydroxyl groups is 1. The quantitative estimate of drug-likeness (QED) is 0.630. The summed E-state index contributed by atoms with van der Waals surface area (Å²) in [7, 11) is 1.97. The summed E-state index contributed by atoms with van der Waals surface area (Å²) < 4.78 is 5.74. The van der Waals surface area contributed by atoms with E-state index in [-0.39, 0.29) is 5.60 Å². The number of rotatable bonds is 5. The lowest BCUT2D eigenvalue weighted by atomic mass is 9.99. The van der Waals surface area contributed by atoms with Gasteiger partial charge in [-0.3, -0.25) is 4.79 Å². The Bertz CT molecular complexity index is 664. The van der Waals surface area contributed by atoms with Crippen LogP contribution in [0.1, 0.15) is 44.7 Å². The normalized spacial score (nSPS) is 20.5. The van der Waals surface area contributed by atoms with Crippen molar-refractivity contribution in [3.8, 4) is 0 Å². The number of aliphatic hydroxyl groups excluding tert-OH is 1. The van der Waals surface area contributed by atoms with E-state index in [9.17, 15) is 9.90 Å². The van der Waals surface area contributed by atoms with Crippen LogP contribution in [-0.4, -0.2) is 53.7 Å². The van der Waals surface area contributed by atoms with Crippen molar-refractivity contribution in [1.29, 1.82) is 0 Å². The third-order valence-corrected chi connectivity index (χ3v) is 4.39. The lowest BCUT2D eigenvalue weighted by Gasteiger charge is -2.23. The van der Waals surface area contributed by atoms with Gasteiger partial charge in [-0.1, -0.05) is 6.07 Å². The van der Waals surface area contributed by atoms with Crippen molar-refractivity contribution >= 4 is 17.4 Å². The van der Waals surface area contributed by atoms with Gasteiger partial charge in [0.1, 0.15) is 5.84 Å². The van der Waals surface area contributed by atoms with E-state index in [4.69, 9.17) is 10.5 Å². The minimum absolute atomic E-state index is 0.156. The second kappa shape index (κ2) is 7.54. The van der Waals surface area contributed by atoms with E-state index in [2.05, 4.69) is 4.99 Å². The van der Waals surface area contributed by atoms with Crippen molar-refractivity contribution < 1.29 is 14.6 Å². The van der Waals surface area contributed by atoms with E-state index in [1.165, 1.54) is 0 Å². The van der Waals surface area contributed by atoms with Crippen molar-refractivity contribution in [2.24, 2.45) is 10.7 Å². The largest absolute Gasteiger partial charge is 0.392 e. The molecule has 0 saturated carbocycles. The fraction of sp³-hybridized carbons (Fsp3) is 0.579. The Balaban J connectivity index is 2.09. The number of amides is 1. The van der Waals surface area contributed by atoms with E-state index in [0.29, 0.717) is 13.0 Å². The summed E-state index contributed by atoms with van der Waals surface area (Å²) in [6.07, 6.45) is -0.291. The molecule has 6 nitrogen and oxygen atoms in total. The van der Waals surface area contributed by atoms with E-state index in [1.54, 1.807) is 0 Å². The number of hydrogen-bond acceptors (Lipinski definition) is 4. The van der Waals surface area contributed by atoms with Gasteiger partial charge in [-0.15, -0.1) is 0 Å². The van der Waals surface area contributed by atoms with Crippen LogP contribution in [0.5, 0.6) is 0 Å². The SMILES string of the molecule is CC(=Nc1ccc2c(c1)[C@@H](C(N)=O)[C@H](O)C2)N(C)CCOC(C)(C)C. The number of fused-ring (bicyclic) bond motifs is 1. The summed E-state index contributed by atoms with van der Waals surface area (Å²) in [4.78, 5) is 18.3. The lowest BCUT2D eigenvalue weighted by molar-refractivity contribution is -0.121. The first kappa shape index (κ1) is 19.4. The van der Waals surface area contributed by atoms with Gasteiger partial charge in [0.25, 0.3) is 0 Å². The van der Waals surface area contributed by atoms with Crippen molar-refractivity contribution in [2.45, 2.75) is 51.7 Å². The molecular formula is C19H29N3O3. The van der Waals surface area contributed by atoms with E-state index in [0.717, 1.165) is 29.2 Å². The number of primary amides is 1. The highest BCUT2D eigenvalue weighted by Crippen LogP contribution is 2.35. The third kappa shape index (κ3) is 5.03. The van der Waals surface area contributed by atoms with Crippen LogP contribution in [0, 0.1) is 0 Å². The predicted molar refractivity (Wildman–Crippen MR) is 99.2 cm³/mol. The number of likely N-dealkylation sites (N-methyl/N-ethyl adjacent to an activating group) is 1. The van der Waals surface area contributed by atoms with Crippen LogP contribution < -0.4 is 5.73 Å². The molecule has 1 amide bonds. The van der Waals surface area contributed by atoms with Gasteiger partial charge in [0.2, 0.25) is 5.91 Å². The standard InChI is InChI=1S/C19H29N3O3/c1-12(22(5)8-9-25-19(2,3)4)21-14-7-6-13-10-16(23)17(18(20)24)15(13)11-14/h6-7,11,16-17,23H,8-10H2,1-5H3,(H2,20,24)/t16-,17-/m1/s1. The molecule has 2 atom stereocenters. The van der Waals surface area contributed by atoms with Crippen LogP contribution in [0.15, 0.2) is 23.2 Å². The first-order valence-corrected chi connectivity index (χ1v) is 8.59. The average Bonchev–Trinajstić information content (AvgIpc) is 2.80. The van der Waals surface area contributed by atoms with Crippen molar-refractivity contribution in [3.63, 3.8) is 0 Å². The lowest BCUT2D eigenvalue weighted by Crippen LogP contribution is -2.31. The zero-order valence-electron chi connectivity index (χ0n) is 15.7. The topological polar surface area (TPSA) is 88.1 Å². The predicted octanol–water partition coefficient (Wildman–Crippen LogP) is 1.97. The van der Waals surface area contributed by atoms with Crippen LogP contribution >= 0.6 is 0 Å². The van der Waals surface area contributed by atoms with Gasteiger partial charge in [-0.25, -0.2) is 4.99 Å². The molecule has 0 aromatic heterocycles. The minimum Gasteiger partial charge on any atom is -0.392 e. The molecule has 0 aliphatic heterocycles. The van der Waals surface area contributed by atoms with Crippen LogP contribution in [0.2, 0.25) is 0 Å². The van der Waals surface area contributed by atoms with E-state index in [1.807, 2.05) is 57.8 Å². The summed E-state index contributed by atoms with van der Waals surface area (Å²) in [5, 5.41) is 10.0. The third-order valence-electron chi connectivity index (χ3n) is 4.39. The molecule has 1 aromatic carbocycles. The molecule has 6 heteroatoms. The van der Waals surface area contributed by atoms with E-state index < -0.39 is 17.9 Å². The van der Waals surface area contributed by atoms with Gasteiger partial charge < -0.3 is 20.5 Å². The Morgan fingerprint density at radius 1 is 1.44 bits per heavy atom. The highest BCUT2D eigenvalue weighted by molar-refractivity contribution is 5.85. The van der Waals surface area contributed by atoms with Crippen LogP contribution in [0.25, 0.3) is 0 Å². The van der Waals surface area contributed by atoms with Gasteiger partial charge in [-0.05, 0) is 57.4 Å².